The van der Waals surface area contributed by atoms with Gasteiger partial charge >= 0.3 is 0 Å². The first-order valence-corrected chi connectivity index (χ1v) is 5.59. The predicted molar refractivity (Wildman–Crippen MR) is 58.0 cm³/mol. The summed E-state index contributed by atoms with van der Waals surface area (Å²) in [5, 5.41) is 0. The summed E-state index contributed by atoms with van der Waals surface area (Å²) >= 11 is 0. The van der Waals surface area contributed by atoms with Crippen LogP contribution in [0.15, 0.2) is 12.2 Å². The first-order chi connectivity index (χ1) is 6.38. The van der Waals surface area contributed by atoms with Crippen LogP contribution in [0.4, 0.5) is 0 Å². The van der Waals surface area contributed by atoms with E-state index in [-0.39, 0.29) is 16.7 Å². The van der Waals surface area contributed by atoms with Crippen LogP contribution in [0.5, 0.6) is 0 Å². The molecule has 0 heterocycles. The molecule has 0 saturated heterocycles. The molecule has 0 spiro atoms. The van der Waals surface area contributed by atoms with Gasteiger partial charge in [-0.05, 0) is 30.1 Å². The Labute approximate surface area is 86.6 Å². The zero-order chi connectivity index (χ0) is 10.6. The lowest BCUT2D eigenvalue weighted by Crippen LogP contribution is -2.56. The number of ketones is 1. The molecule has 0 unspecified atom stereocenters. The molecule has 14 heavy (non-hydrogen) atoms. The van der Waals surface area contributed by atoms with Crippen LogP contribution in [0.3, 0.4) is 0 Å². The van der Waals surface area contributed by atoms with E-state index in [0.29, 0.717) is 5.78 Å². The van der Waals surface area contributed by atoms with Crippen molar-refractivity contribution in [2.45, 2.75) is 46.5 Å². The lowest BCUT2D eigenvalue weighted by Gasteiger charge is -2.60. The van der Waals surface area contributed by atoms with Crippen LogP contribution < -0.4 is 0 Å². The van der Waals surface area contributed by atoms with E-state index in [2.05, 4.69) is 27.4 Å². The van der Waals surface area contributed by atoms with Gasteiger partial charge in [-0.15, -0.1) is 0 Å². The summed E-state index contributed by atoms with van der Waals surface area (Å²) in [5.41, 5.74) is 1.68. The van der Waals surface area contributed by atoms with E-state index >= 15 is 0 Å². The largest absolute Gasteiger partial charge is 0.299 e. The summed E-state index contributed by atoms with van der Waals surface area (Å²) in [4.78, 5) is 11.9. The summed E-state index contributed by atoms with van der Waals surface area (Å²) in [7, 11) is 0. The molecule has 0 aliphatic heterocycles. The van der Waals surface area contributed by atoms with E-state index in [4.69, 9.17) is 0 Å². The van der Waals surface area contributed by atoms with Crippen molar-refractivity contribution in [3.8, 4) is 0 Å². The Morgan fingerprint density at radius 3 is 2.50 bits per heavy atom. The van der Waals surface area contributed by atoms with Crippen molar-refractivity contribution in [1.82, 2.24) is 0 Å². The molecule has 0 radical (unpaired) electrons. The molecule has 2 aliphatic rings. The zero-order valence-corrected chi connectivity index (χ0v) is 9.52. The Morgan fingerprint density at radius 1 is 1.43 bits per heavy atom. The lowest BCUT2D eigenvalue weighted by atomic mass is 9.43. The van der Waals surface area contributed by atoms with Crippen LogP contribution in [0, 0.1) is 16.7 Å². The van der Waals surface area contributed by atoms with Crippen LogP contribution in [-0.2, 0) is 4.79 Å². The Hall–Kier alpha value is -0.590. The molecule has 2 rings (SSSR count). The number of carbonyl (C=O) groups is 1. The van der Waals surface area contributed by atoms with E-state index in [1.165, 1.54) is 12.0 Å². The van der Waals surface area contributed by atoms with Gasteiger partial charge in [-0.1, -0.05) is 32.9 Å². The lowest BCUT2D eigenvalue weighted by molar-refractivity contribution is -0.141. The summed E-state index contributed by atoms with van der Waals surface area (Å²) in [6, 6.07) is 0. The van der Waals surface area contributed by atoms with Gasteiger partial charge in [0.15, 0.2) is 0 Å². The van der Waals surface area contributed by atoms with Crippen molar-refractivity contribution in [3.63, 3.8) is 0 Å². The minimum absolute atomic E-state index is 0.191. The van der Waals surface area contributed by atoms with Crippen molar-refractivity contribution in [2.24, 2.45) is 16.7 Å². The highest BCUT2D eigenvalue weighted by Crippen LogP contribution is 2.64. The second kappa shape index (κ2) is 2.71. The summed E-state index contributed by atoms with van der Waals surface area (Å²) < 4.78 is 0. The average molecular weight is 192 g/mol. The third-order valence-corrected chi connectivity index (χ3v) is 4.37. The third-order valence-electron chi connectivity index (χ3n) is 4.37. The predicted octanol–water partition coefficient (Wildman–Crippen LogP) is 3.35. The van der Waals surface area contributed by atoms with Gasteiger partial charge < -0.3 is 0 Å². The number of carbonyl (C=O) groups excluding carboxylic acids is 1. The monoisotopic (exact) mass is 192 g/mol. The highest BCUT2D eigenvalue weighted by molar-refractivity contribution is 5.87. The summed E-state index contributed by atoms with van der Waals surface area (Å²) in [5.74, 6) is 0.638. The standard InChI is InChI=1S/C13H20O/c1-9-8-13(12(2,3)4)7-5-6-10(14)11(9)13/h11H,1,5-8H2,2-4H3/t11-,13+/m0/s1. The molecular formula is C13H20O. The fourth-order valence-electron chi connectivity index (χ4n) is 3.43. The fraction of sp³-hybridized carbons (Fsp3) is 0.769. The van der Waals surface area contributed by atoms with Gasteiger partial charge in [0.25, 0.3) is 0 Å². The maximum atomic E-state index is 11.9. The fourth-order valence-corrected chi connectivity index (χ4v) is 3.43. The van der Waals surface area contributed by atoms with Crippen molar-refractivity contribution >= 4 is 5.78 Å². The van der Waals surface area contributed by atoms with E-state index in [1.807, 2.05) is 0 Å². The Morgan fingerprint density at radius 2 is 2.07 bits per heavy atom. The van der Waals surface area contributed by atoms with E-state index in [9.17, 15) is 4.79 Å². The van der Waals surface area contributed by atoms with Gasteiger partial charge in [0.2, 0.25) is 0 Å². The first-order valence-electron chi connectivity index (χ1n) is 5.59. The smallest absolute Gasteiger partial charge is 0.140 e. The van der Waals surface area contributed by atoms with Crippen LogP contribution >= 0.6 is 0 Å². The van der Waals surface area contributed by atoms with E-state index < -0.39 is 0 Å². The minimum Gasteiger partial charge on any atom is -0.299 e. The van der Waals surface area contributed by atoms with Crippen molar-refractivity contribution in [3.05, 3.63) is 12.2 Å². The normalized spacial score (nSPS) is 37.8. The van der Waals surface area contributed by atoms with E-state index in [1.54, 1.807) is 0 Å². The van der Waals surface area contributed by atoms with E-state index in [0.717, 1.165) is 19.3 Å². The van der Waals surface area contributed by atoms with Crippen LogP contribution in [-0.4, -0.2) is 5.78 Å². The third kappa shape index (κ3) is 1.04. The van der Waals surface area contributed by atoms with Crippen molar-refractivity contribution < 1.29 is 4.79 Å². The Kier molecular flexibility index (Phi) is 1.93. The second-order valence-corrected chi connectivity index (χ2v) is 5.99. The molecule has 78 valence electrons. The molecule has 1 nitrogen and oxygen atoms in total. The van der Waals surface area contributed by atoms with Crippen LogP contribution in [0.2, 0.25) is 0 Å². The number of rotatable bonds is 0. The second-order valence-electron chi connectivity index (χ2n) is 5.99. The van der Waals surface area contributed by atoms with Crippen LogP contribution in [0.1, 0.15) is 46.5 Å². The molecule has 1 heteroatoms. The quantitative estimate of drug-likeness (QED) is 0.538. The number of hydrogen-bond acceptors (Lipinski definition) is 1. The summed E-state index contributed by atoms with van der Waals surface area (Å²) in [6.45, 7) is 10.8. The SMILES string of the molecule is C=C1C[C@]2(C(C)(C)C)CCCC(=O)[C@H]12. The van der Waals surface area contributed by atoms with Gasteiger partial charge in [0.05, 0.1) is 0 Å². The Bertz CT molecular complexity index is 295. The molecule has 2 fully saturated rings. The van der Waals surface area contributed by atoms with Gasteiger partial charge in [-0.25, -0.2) is 0 Å². The van der Waals surface area contributed by atoms with Gasteiger partial charge in [-0.3, -0.25) is 4.79 Å². The van der Waals surface area contributed by atoms with Gasteiger partial charge in [-0.2, -0.15) is 0 Å². The molecule has 0 aromatic rings. The molecule has 0 aromatic heterocycles. The van der Waals surface area contributed by atoms with Crippen molar-refractivity contribution in [1.29, 1.82) is 0 Å². The minimum atomic E-state index is 0.191. The number of fused-ring (bicyclic) bond motifs is 1. The highest BCUT2D eigenvalue weighted by atomic mass is 16.1. The van der Waals surface area contributed by atoms with Gasteiger partial charge in [0, 0.05) is 12.3 Å². The average Bonchev–Trinajstić information content (AvgIpc) is 1.98. The van der Waals surface area contributed by atoms with Crippen molar-refractivity contribution in [2.75, 3.05) is 0 Å². The molecule has 2 saturated carbocycles. The highest BCUT2D eigenvalue weighted by Gasteiger charge is 2.59. The zero-order valence-electron chi connectivity index (χ0n) is 9.52. The summed E-state index contributed by atoms with van der Waals surface area (Å²) in [6.07, 6.45) is 4.15. The number of allylic oxidation sites excluding steroid dienone is 1. The molecule has 0 N–H and O–H groups in total. The topological polar surface area (TPSA) is 17.1 Å². The molecule has 0 aromatic carbocycles. The molecular weight excluding hydrogens is 172 g/mol. The maximum Gasteiger partial charge on any atom is 0.140 e. The van der Waals surface area contributed by atoms with Crippen LogP contribution in [0.25, 0.3) is 0 Å². The Balaban J connectivity index is 2.35. The maximum absolute atomic E-state index is 11.9. The number of hydrogen-bond donors (Lipinski definition) is 0. The first kappa shape index (κ1) is 9.95. The number of Topliss-reactive ketones (excluding diaryl/α,β-unsaturated/α-hetero) is 1. The van der Waals surface area contributed by atoms with Gasteiger partial charge in [0.1, 0.15) is 5.78 Å². The molecule has 2 atom stereocenters. The molecule has 2 aliphatic carbocycles. The molecule has 0 bridgehead atoms. The molecule has 0 amide bonds.